The highest BCUT2D eigenvalue weighted by atomic mass is 16.2. The summed E-state index contributed by atoms with van der Waals surface area (Å²) in [6.45, 7) is 5.40. The van der Waals surface area contributed by atoms with E-state index in [1.807, 2.05) is 0 Å². The number of piperidine rings is 1. The Labute approximate surface area is 137 Å². The van der Waals surface area contributed by atoms with E-state index in [0.29, 0.717) is 23.2 Å². The van der Waals surface area contributed by atoms with Gasteiger partial charge in [0.15, 0.2) is 0 Å². The van der Waals surface area contributed by atoms with Gasteiger partial charge in [0.2, 0.25) is 5.91 Å². The highest BCUT2D eigenvalue weighted by Gasteiger charge is 2.38. The van der Waals surface area contributed by atoms with Crippen molar-refractivity contribution in [3.05, 3.63) is 35.4 Å². The van der Waals surface area contributed by atoms with Crippen molar-refractivity contribution in [2.45, 2.75) is 44.7 Å². The van der Waals surface area contributed by atoms with Crippen LogP contribution in [0.3, 0.4) is 0 Å². The van der Waals surface area contributed by atoms with E-state index < -0.39 is 5.91 Å². The lowest BCUT2D eigenvalue weighted by atomic mass is 10.0. The summed E-state index contributed by atoms with van der Waals surface area (Å²) in [6.07, 6.45) is 4.32. The molecule has 1 aliphatic heterocycles. The van der Waals surface area contributed by atoms with Crippen LogP contribution in [0.1, 0.15) is 53.3 Å². The van der Waals surface area contributed by atoms with Crippen LogP contribution in [0.25, 0.3) is 0 Å². The van der Waals surface area contributed by atoms with Crippen LogP contribution in [0.15, 0.2) is 24.3 Å². The van der Waals surface area contributed by atoms with E-state index in [1.54, 1.807) is 24.3 Å². The Morgan fingerprint density at radius 3 is 2.04 bits per heavy atom. The lowest BCUT2D eigenvalue weighted by Gasteiger charge is -2.38. The van der Waals surface area contributed by atoms with Gasteiger partial charge in [0.25, 0.3) is 5.91 Å². The van der Waals surface area contributed by atoms with E-state index in [0.717, 1.165) is 45.3 Å². The lowest BCUT2D eigenvalue weighted by Crippen LogP contribution is -2.48. The number of hydrogen-bond donors (Lipinski definition) is 1. The average molecular weight is 315 g/mol. The van der Waals surface area contributed by atoms with Crippen molar-refractivity contribution in [3.8, 4) is 0 Å². The van der Waals surface area contributed by atoms with E-state index in [1.165, 1.54) is 0 Å². The molecule has 2 N–H and O–H groups in total. The Bertz CT molecular complexity index is 572. The predicted octanol–water partition coefficient (Wildman–Crippen LogP) is 1.87. The fraction of sp³-hybridized carbons (Fsp3) is 0.556. The molecule has 0 bridgehead atoms. The standard InChI is InChI=1S/C18H25N3O2/c1-2-20-11-9-16(10-12-20)21(15-7-8-15)18(23)14-5-3-13(4-6-14)17(19)22/h3-6,15-16H,2,7-12H2,1H3,(H2,19,22). The van der Waals surface area contributed by atoms with Crippen LogP contribution in [0.2, 0.25) is 0 Å². The quantitative estimate of drug-likeness (QED) is 0.902. The second-order valence-electron chi connectivity index (χ2n) is 6.55. The molecule has 23 heavy (non-hydrogen) atoms. The molecule has 5 nitrogen and oxygen atoms in total. The smallest absolute Gasteiger partial charge is 0.254 e. The molecule has 5 heteroatoms. The van der Waals surface area contributed by atoms with Gasteiger partial charge in [-0.2, -0.15) is 0 Å². The van der Waals surface area contributed by atoms with Gasteiger partial charge in [0.1, 0.15) is 0 Å². The molecule has 0 spiro atoms. The number of amides is 2. The number of hydrogen-bond acceptors (Lipinski definition) is 3. The van der Waals surface area contributed by atoms with Gasteiger partial charge in [-0.05, 0) is 56.5 Å². The number of carbonyl (C=O) groups excluding carboxylic acids is 2. The summed E-state index contributed by atoms with van der Waals surface area (Å²) in [4.78, 5) is 28.7. The first kappa shape index (κ1) is 16.0. The number of likely N-dealkylation sites (tertiary alicyclic amines) is 1. The number of nitrogens with zero attached hydrogens (tertiary/aromatic N) is 2. The summed E-state index contributed by atoms with van der Waals surface area (Å²) in [5, 5.41) is 0. The maximum Gasteiger partial charge on any atom is 0.254 e. The molecule has 3 rings (SSSR count). The number of benzene rings is 1. The van der Waals surface area contributed by atoms with Crippen molar-refractivity contribution >= 4 is 11.8 Å². The van der Waals surface area contributed by atoms with Crippen LogP contribution >= 0.6 is 0 Å². The minimum absolute atomic E-state index is 0.0958. The van der Waals surface area contributed by atoms with Gasteiger partial charge in [0.05, 0.1) is 0 Å². The van der Waals surface area contributed by atoms with Gasteiger partial charge in [-0.3, -0.25) is 9.59 Å². The zero-order chi connectivity index (χ0) is 16.4. The summed E-state index contributed by atoms with van der Waals surface area (Å²) < 4.78 is 0. The summed E-state index contributed by atoms with van der Waals surface area (Å²) in [7, 11) is 0. The second kappa shape index (κ2) is 6.71. The third-order valence-corrected chi connectivity index (χ3v) is 4.99. The molecule has 1 heterocycles. The van der Waals surface area contributed by atoms with E-state index in [9.17, 15) is 9.59 Å². The zero-order valence-electron chi connectivity index (χ0n) is 13.7. The molecular weight excluding hydrogens is 290 g/mol. The summed E-state index contributed by atoms with van der Waals surface area (Å²) in [5.74, 6) is -0.367. The minimum atomic E-state index is -0.463. The van der Waals surface area contributed by atoms with Gasteiger partial charge >= 0.3 is 0 Å². The van der Waals surface area contributed by atoms with Gasteiger partial charge < -0.3 is 15.5 Å². The van der Waals surface area contributed by atoms with E-state index >= 15 is 0 Å². The van der Waals surface area contributed by atoms with Gasteiger partial charge in [-0.25, -0.2) is 0 Å². The summed E-state index contributed by atoms with van der Waals surface area (Å²) >= 11 is 0. The minimum Gasteiger partial charge on any atom is -0.366 e. The molecule has 2 amide bonds. The van der Waals surface area contributed by atoms with Crippen LogP contribution in [0.4, 0.5) is 0 Å². The molecule has 2 aliphatic rings. The summed E-state index contributed by atoms with van der Waals surface area (Å²) in [5.41, 5.74) is 6.36. The Morgan fingerprint density at radius 2 is 1.57 bits per heavy atom. The molecule has 1 aliphatic carbocycles. The third kappa shape index (κ3) is 3.55. The normalized spacial score (nSPS) is 19.5. The topological polar surface area (TPSA) is 66.6 Å². The number of nitrogens with two attached hydrogens (primary N) is 1. The van der Waals surface area contributed by atoms with Crippen molar-refractivity contribution < 1.29 is 9.59 Å². The van der Waals surface area contributed by atoms with Crippen molar-refractivity contribution in [3.63, 3.8) is 0 Å². The molecule has 0 radical (unpaired) electrons. The predicted molar refractivity (Wildman–Crippen MR) is 89.3 cm³/mol. The number of carbonyl (C=O) groups is 2. The monoisotopic (exact) mass is 315 g/mol. The molecule has 0 aromatic heterocycles. The van der Waals surface area contributed by atoms with Crippen LogP contribution in [0.5, 0.6) is 0 Å². The first-order chi connectivity index (χ1) is 11.1. The largest absolute Gasteiger partial charge is 0.366 e. The molecule has 1 aromatic rings. The highest BCUT2D eigenvalue weighted by molar-refractivity contribution is 5.97. The molecule has 1 saturated heterocycles. The van der Waals surface area contributed by atoms with E-state index in [4.69, 9.17) is 5.73 Å². The van der Waals surface area contributed by atoms with Gasteiger partial charge in [-0.1, -0.05) is 6.92 Å². The van der Waals surface area contributed by atoms with Crippen LogP contribution < -0.4 is 5.73 Å². The van der Waals surface area contributed by atoms with E-state index in [-0.39, 0.29) is 5.91 Å². The van der Waals surface area contributed by atoms with Crippen LogP contribution in [-0.4, -0.2) is 53.3 Å². The fourth-order valence-corrected chi connectivity index (χ4v) is 3.42. The molecule has 1 aromatic carbocycles. The Morgan fingerprint density at radius 1 is 1.04 bits per heavy atom. The van der Waals surface area contributed by atoms with Gasteiger partial charge in [0, 0.05) is 36.3 Å². The molecular formula is C18H25N3O2. The van der Waals surface area contributed by atoms with Crippen molar-refractivity contribution in [2.75, 3.05) is 19.6 Å². The molecule has 0 unspecified atom stereocenters. The third-order valence-electron chi connectivity index (χ3n) is 4.99. The highest BCUT2D eigenvalue weighted by Crippen LogP contribution is 2.33. The Balaban J connectivity index is 1.73. The second-order valence-corrected chi connectivity index (χ2v) is 6.55. The number of primary amides is 1. The first-order valence-corrected chi connectivity index (χ1v) is 8.55. The van der Waals surface area contributed by atoms with Crippen molar-refractivity contribution in [2.24, 2.45) is 5.73 Å². The average Bonchev–Trinajstić information content (AvgIpc) is 3.40. The molecule has 2 fully saturated rings. The lowest BCUT2D eigenvalue weighted by molar-refractivity contribution is 0.0554. The maximum absolute atomic E-state index is 13.0. The SMILES string of the molecule is CCN1CCC(N(C(=O)c2ccc(C(N)=O)cc2)C2CC2)CC1. The zero-order valence-corrected chi connectivity index (χ0v) is 13.7. The maximum atomic E-state index is 13.0. The fourth-order valence-electron chi connectivity index (χ4n) is 3.42. The summed E-state index contributed by atoms with van der Waals surface area (Å²) in [6, 6.07) is 7.46. The van der Waals surface area contributed by atoms with Crippen molar-refractivity contribution in [1.29, 1.82) is 0 Å². The Hall–Kier alpha value is -1.88. The van der Waals surface area contributed by atoms with Gasteiger partial charge in [-0.15, -0.1) is 0 Å². The van der Waals surface area contributed by atoms with Crippen LogP contribution in [0, 0.1) is 0 Å². The van der Waals surface area contributed by atoms with E-state index in [2.05, 4.69) is 16.7 Å². The first-order valence-electron chi connectivity index (χ1n) is 8.55. The Kier molecular flexibility index (Phi) is 4.66. The van der Waals surface area contributed by atoms with Crippen LogP contribution in [-0.2, 0) is 0 Å². The number of rotatable bonds is 5. The van der Waals surface area contributed by atoms with Crippen molar-refractivity contribution in [1.82, 2.24) is 9.80 Å². The molecule has 0 atom stereocenters. The molecule has 1 saturated carbocycles. The molecule has 124 valence electrons.